The summed E-state index contributed by atoms with van der Waals surface area (Å²) in [5.74, 6) is 1.16. The highest BCUT2D eigenvalue weighted by Crippen LogP contribution is 2.45. The highest BCUT2D eigenvalue weighted by Gasteiger charge is 2.44. The first-order valence-corrected chi connectivity index (χ1v) is 15.3. The van der Waals surface area contributed by atoms with Gasteiger partial charge in [-0.1, -0.05) is 42.5 Å². The predicted molar refractivity (Wildman–Crippen MR) is 158 cm³/mol. The third-order valence-corrected chi connectivity index (χ3v) is 10.3. The molecule has 3 saturated heterocycles. The van der Waals surface area contributed by atoms with E-state index in [1.165, 1.54) is 43.2 Å². The maximum absolute atomic E-state index is 13.1. The number of nitrogens with zero attached hydrogens (tertiary/aromatic N) is 5. The highest BCUT2D eigenvalue weighted by atomic mass is 16.2. The summed E-state index contributed by atoms with van der Waals surface area (Å²) in [6.45, 7) is 10.8. The number of hydrogen-bond donors (Lipinski definition) is 0. The zero-order chi connectivity index (χ0) is 27.0. The molecule has 6 rings (SSSR count). The number of aryl methyl sites for hydroxylation is 1. The van der Waals surface area contributed by atoms with Gasteiger partial charge in [-0.3, -0.25) is 4.90 Å². The minimum Gasteiger partial charge on any atom is -0.325 e. The van der Waals surface area contributed by atoms with Crippen molar-refractivity contribution in [1.82, 2.24) is 24.3 Å². The molecule has 2 amide bonds. The molecular weight excluding hydrogens is 482 g/mol. The molecule has 208 valence electrons. The largest absolute Gasteiger partial charge is 0.325 e. The molecule has 0 spiro atoms. The van der Waals surface area contributed by atoms with E-state index in [1.807, 2.05) is 4.90 Å². The van der Waals surface area contributed by atoms with Gasteiger partial charge in [-0.05, 0) is 95.4 Å². The van der Waals surface area contributed by atoms with Crippen LogP contribution < -0.4 is 0 Å². The summed E-state index contributed by atoms with van der Waals surface area (Å²) in [6.07, 6.45) is 8.36. The van der Waals surface area contributed by atoms with Gasteiger partial charge in [0.25, 0.3) is 0 Å². The van der Waals surface area contributed by atoms with Crippen molar-refractivity contribution in [3.63, 3.8) is 0 Å². The van der Waals surface area contributed by atoms with Gasteiger partial charge in [0, 0.05) is 44.3 Å². The molecule has 3 aliphatic heterocycles. The Labute approximate surface area is 234 Å². The van der Waals surface area contributed by atoms with Crippen molar-refractivity contribution in [2.45, 2.75) is 89.3 Å². The Kier molecular flexibility index (Phi) is 7.41. The summed E-state index contributed by atoms with van der Waals surface area (Å²) in [7, 11) is 0. The van der Waals surface area contributed by atoms with E-state index in [-0.39, 0.29) is 11.4 Å². The SMILES string of the molecule is CCN(CC)C(=O)N1CCC(CCN2C3CC[C@@H]2CC(n2c(C)nc4ccccc42)C3)(c2ccccc2)CC1. The van der Waals surface area contributed by atoms with E-state index in [1.54, 1.807) is 0 Å². The van der Waals surface area contributed by atoms with Gasteiger partial charge in [0.15, 0.2) is 0 Å². The molecule has 3 fully saturated rings. The van der Waals surface area contributed by atoms with Crippen molar-refractivity contribution in [2.24, 2.45) is 0 Å². The molecule has 6 heteroatoms. The van der Waals surface area contributed by atoms with Gasteiger partial charge in [0.05, 0.1) is 11.0 Å². The number of piperidine rings is 2. The van der Waals surface area contributed by atoms with Gasteiger partial charge in [-0.15, -0.1) is 0 Å². The first kappa shape index (κ1) is 26.4. The molecule has 2 unspecified atom stereocenters. The molecule has 0 saturated carbocycles. The monoisotopic (exact) mass is 527 g/mol. The zero-order valence-corrected chi connectivity index (χ0v) is 24.1. The van der Waals surface area contributed by atoms with Gasteiger partial charge >= 0.3 is 6.03 Å². The second-order valence-electron chi connectivity index (χ2n) is 12.1. The Hall–Kier alpha value is -2.86. The molecule has 1 aromatic heterocycles. The Balaban J connectivity index is 1.16. The fourth-order valence-corrected chi connectivity index (χ4v) is 8.09. The summed E-state index contributed by atoms with van der Waals surface area (Å²) >= 11 is 0. The molecule has 3 atom stereocenters. The second-order valence-corrected chi connectivity index (χ2v) is 12.1. The fourth-order valence-electron chi connectivity index (χ4n) is 8.09. The van der Waals surface area contributed by atoms with E-state index in [0.717, 1.165) is 56.9 Å². The first-order chi connectivity index (χ1) is 19.0. The topological polar surface area (TPSA) is 44.6 Å². The Morgan fingerprint density at radius 2 is 1.56 bits per heavy atom. The van der Waals surface area contributed by atoms with Gasteiger partial charge < -0.3 is 14.4 Å². The van der Waals surface area contributed by atoms with Crippen LogP contribution in [0.5, 0.6) is 0 Å². The number of fused-ring (bicyclic) bond motifs is 3. The fraction of sp³-hybridized carbons (Fsp3) is 0.576. The lowest BCUT2D eigenvalue weighted by Gasteiger charge is -2.46. The summed E-state index contributed by atoms with van der Waals surface area (Å²) in [5, 5.41) is 0. The van der Waals surface area contributed by atoms with Crippen molar-refractivity contribution >= 4 is 17.1 Å². The molecule has 0 radical (unpaired) electrons. The van der Waals surface area contributed by atoms with Crippen LogP contribution in [0.15, 0.2) is 54.6 Å². The summed E-state index contributed by atoms with van der Waals surface area (Å²) in [5.41, 5.74) is 4.03. The maximum Gasteiger partial charge on any atom is 0.319 e. The van der Waals surface area contributed by atoms with Crippen molar-refractivity contribution in [2.75, 3.05) is 32.7 Å². The number of carbonyl (C=O) groups is 1. The molecule has 0 N–H and O–H groups in total. The molecule has 0 aliphatic carbocycles. The Morgan fingerprint density at radius 3 is 2.23 bits per heavy atom. The highest BCUT2D eigenvalue weighted by molar-refractivity contribution is 5.76. The third-order valence-electron chi connectivity index (χ3n) is 10.3. The number of para-hydroxylation sites is 2. The minimum atomic E-state index is 0.148. The van der Waals surface area contributed by atoms with E-state index < -0.39 is 0 Å². The van der Waals surface area contributed by atoms with Gasteiger partial charge in [0.1, 0.15) is 5.82 Å². The summed E-state index contributed by atoms with van der Waals surface area (Å²) < 4.78 is 2.53. The van der Waals surface area contributed by atoms with Gasteiger partial charge in [-0.2, -0.15) is 0 Å². The lowest BCUT2D eigenvalue weighted by molar-refractivity contribution is 0.0824. The lowest BCUT2D eigenvalue weighted by atomic mass is 9.70. The first-order valence-electron chi connectivity index (χ1n) is 15.3. The van der Waals surface area contributed by atoms with Crippen molar-refractivity contribution in [3.8, 4) is 0 Å². The zero-order valence-electron chi connectivity index (χ0n) is 24.1. The average molecular weight is 528 g/mol. The van der Waals surface area contributed by atoms with Crippen LogP contribution in [-0.2, 0) is 5.41 Å². The second kappa shape index (κ2) is 11.0. The van der Waals surface area contributed by atoms with E-state index in [9.17, 15) is 4.79 Å². The molecule has 4 heterocycles. The van der Waals surface area contributed by atoms with Crippen LogP contribution in [0, 0.1) is 6.92 Å². The molecule has 3 aliphatic rings. The van der Waals surface area contributed by atoms with Crippen molar-refractivity contribution < 1.29 is 4.79 Å². The molecule has 39 heavy (non-hydrogen) atoms. The van der Waals surface area contributed by atoms with Crippen molar-refractivity contribution in [1.29, 1.82) is 0 Å². The molecular formula is C33H45N5O. The quantitative estimate of drug-likeness (QED) is 0.357. The molecule has 6 nitrogen and oxygen atoms in total. The smallest absolute Gasteiger partial charge is 0.319 e. The van der Waals surface area contributed by atoms with Gasteiger partial charge in [0.2, 0.25) is 0 Å². The Morgan fingerprint density at radius 1 is 0.923 bits per heavy atom. The number of benzene rings is 2. The van der Waals surface area contributed by atoms with E-state index in [2.05, 4.69) is 89.7 Å². The number of likely N-dealkylation sites (tertiary alicyclic amines) is 1. The minimum absolute atomic E-state index is 0.148. The predicted octanol–water partition coefficient (Wildman–Crippen LogP) is 6.40. The number of hydrogen-bond acceptors (Lipinski definition) is 3. The number of carbonyl (C=O) groups excluding carboxylic acids is 1. The van der Waals surface area contributed by atoms with E-state index in [0.29, 0.717) is 18.1 Å². The summed E-state index contributed by atoms with van der Waals surface area (Å²) in [4.78, 5) is 24.9. The number of amides is 2. The molecule has 3 aromatic rings. The van der Waals surface area contributed by atoms with Crippen LogP contribution in [0.3, 0.4) is 0 Å². The Bertz CT molecular complexity index is 1260. The number of urea groups is 1. The van der Waals surface area contributed by atoms with E-state index >= 15 is 0 Å². The van der Waals surface area contributed by atoms with E-state index in [4.69, 9.17) is 4.98 Å². The molecule has 2 aromatic carbocycles. The van der Waals surface area contributed by atoms with Crippen LogP contribution in [-0.4, -0.2) is 75.1 Å². The van der Waals surface area contributed by atoms with Gasteiger partial charge in [-0.25, -0.2) is 9.78 Å². The normalized spacial score (nSPS) is 24.8. The lowest BCUT2D eigenvalue weighted by Crippen LogP contribution is -2.51. The standard InChI is InChI=1S/C33H45N5O/c1-4-35(5-2)32(39)36-20-17-33(18-21-36,26-11-7-6-8-12-26)19-22-37-27-15-16-28(37)24-29(23-27)38-25(3)34-30-13-9-10-14-31(30)38/h6-14,27-29H,4-5,15-24H2,1-3H3/t27-,28?,29?/m1/s1. The van der Waals surface area contributed by atoms with Crippen LogP contribution >= 0.6 is 0 Å². The van der Waals surface area contributed by atoms with Crippen molar-refractivity contribution in [3.05, 3.63) is 66.0 Å². The van der Waals surface area contributed by atoms with Crippen LogP contribution in [0.1, 0.15) is 76.2 Å². The number of rotatable bonds is 7. The van der Waals surface area contributed by atoms with Crippen LogP contribution in [0.4, 0.5) is 4.79 Å². The maximum atomic E-state index is 13.1. The number of imidazole rings is 1. The summed E-state index contributed by atoms with van der Waals surface area (Å²) in [6, 6.07) is 21.9. The van der Waals surface area contributed by atoms with Crippen LogP contribution in [0.25, 0.3) is 11.0 Å². The third kappa shape index (κ3) is 4.86. The average Bonchev–Trinajstić information content (AvgIpc) is 3.43. The molecule has 2 bridgehead atoms. The number of aromatic nitrogens is 2. The van der Waals surface area contributed by atoms with Crippen LogP contribution in [0.2, 0.25) is 0 Å².